The van der Waals surface area contributed by atoms with Gasteiger partial charge >= 0.3 is 5.97 Å². The Balaban J connectivity index is 1.85. The zero-order valence-electron chi connectivity index (χ0n) is 12.2. The Morgan fingerprint density at radius 1 is 1.43 bits per heavy atom. The molecule has 6 nitrogen and oxygen atoms in total. The van der Waals surface area contributed by atoms with Gasteiger partial charge in [-0.05, 0) is 25.1 Å². The molecule has 1 heterocycles. The fourth-order valence-corrected chi connectivity index (χ4v) is 2.14. The third kappa shape index (κ3) is 4.84. The summed E-state index contributed by atoms with van der Waals surface area (Å²) in [5.41, 5.74) is 4.99. The van der Waals surface area contributed by atoms with E-state index in [-0.39, 0.29) is 5.56 Å². The molecule has 0 spiro atoms. The molecule has 0 aromatic heterocycles. The van der Waals surface area contributed by atoms with E-state index in [1.807, 2.05) is 6.92 Å². The quantitative estimate of drug-likeness (QED) is 0.786. The molecule has 6 heteroatoms. The van der Waals surface area contributed by atoms with Gasteiger partial charge in [0.25, 0.3) is 0 Å². The second kappa shape index (κ2) is 7.75. The topological polar surface area (TPSA) is 74.2 Å². The van der Waals surface area contributed by atoms with Crippen molar-refractivity contribution in [2.75, 3.05) is 31.9 Å². The van der Waals surface area contributed by atoms with Crippen LogP contribution in [0.1, 0.15) is 30.1 Å². The van der Waals surface area contributed by atoms with Crippen LogP contribution in [0.15, 0.2) is 29.4 Å². The number of carbonyl (C=O) groups is 1. The summed E-state index contributed by atoms with van der Waals surface area (Å²) in [5.74, 6) is -0.935. The molecular formula is C15H21N3O3. The lowest BCUT2D eigenvalue weighted by Crippen LogP contribution is -2.35. The monoisotopic (exact) mass is 291 g/mol. The molecule has 1 aromatic carbocycles. The van der Waals surface area contributed by atoms with Crippen molar-refractivity contribution >= 4 is 17.4 Å². The molecule has 1 aliphatic heterocycles. The van der Waals surface area contributed by atoms with Crippen LogP contribution in [-0.2, 0) is 4.74 Å². The second-order valence-electron chi connectivity index (χ2n) is 4.92. The number of carboxylic acids is 1. The van der Waals surface area contributed by atoms with Gasteiger partial charge in [0.2, 0.25) is 0 Å². The van der Waals surface area contributed by atoms with Crippen LogP contribution in [0.4, 0.5) is 5.69 Å². The van der Waals surface area contributed by atoms with Crippen LogP contribution in [0.25, 0.3) is 0 Å². The van der Waals surface area contributed by atoms with E-state index in [2.05, 4.69) is 15.4 Å². The van der Waals surface area contributed by atoms with Crippen LogP contribution >= 0.6 is 0 Å². The summed E-state index contributed by atoms with van der Waals surface area (Å²) in [6.45, 7) is 5.29. The first-order chi connectivity index (χ1) is 10.2. The summed E-state index contributed by atoms with van der Waals surface area (Å²) in [7, 11) is 0. The predicted octanol–water partition coefficient (Wildman–Crippen LogP) is 2.24. The lowest BCUT2D eigenvalue weighted by Gasteiger charge is -2.26. The molecule has 1 aromatic rings. The Morgan fingerprint density at radius 3 is 2.86 bits per heavy atom. The number of nitrogens with zero attached hydrogens (tertiary/aromatic N) is 2. The molecule has 1 saturated heterocycles. The van der Waals surface area contributed by atoms with E-state index >= 15 is 0 Å². The Hall–Kier alpha value is -1.92. The molecular weight excluding hydrogens is 270 g/mol. The lowest BCUT2D eigenvalue weighted by atomic mass is 10.1. The van der Waals surface area contributed by atoms with Gasteiger partial charge in [-0.25, -0.2) is 4.79 Å². The molecule has 0 radical (unpaired) electrons. The van der Waals surface area contributed by atoms with E-state index in [1.54, 1.807) is 24.3 Å². The number of rotatable bonds is 6. The van der Waals surface area contributed by atoms with Crippen LogP contribution in [0, 0.1) is 0 Å². The van der Waals surface area contributed by atoms with Gasteiger partial charge in [0.05, 0.1) is 18.0 Å². The highest BCUT2D eigenvalue weighted by Gasteiger charge is 2.14. The van der Waals surface area contributed by atoms with E-state index in [4.69, 9.17) is 9.84 Å². The number of hydrogen-bond donors (Lipinski definition) is 2. The van der Waals surface area contributed by atoms with Crippen molar-refractivity contribution in [3.63, 3.8) is 0 Å². The maximum absolute atomic E-state index is 10.9. The number of ether oxygens (including phenoxy) is 1. The molecule has 0 saturated carbocycles. The fourth-order valence-electron chi connectivity index (χ4n) is 2.14. The number of nitrogens with one attached hydrogen (secondary N) is 1. The summed E-state index contributed by atoms with van der Waals surface area (Å²) < 4.78 is 5.39. The van der Waals surface area contributed by atoms with Gasteiger partial charge in [-0.15, -0.1) is 0 Å². The van der Waals surface area contributed by atoms with Crippen molar-refractivity contribution in [3.05, 3.63) is 29.8 Å². The molecule has 21 heavy (non-hydrogen) atoms. The van der Waals surface area contributed by atoms with Crippen molar-refractivity contribution in [2.45, 2.75) is 19.8 Å². The Kier molecular flexibility index (Phi) is 5.71. The summed E-state index contributed by atoms with van der Waals surface area (Å²) in [5, 5.41) is 13.3. The average Bonchev–Trinajstić information content (AvgIpc) is 2.52. The standard InChI is InChI=1S/C15H21N3O3/c1-2-21-11-18-8-6-13(7-9-18)16-17-14-5-3-4-12(10-14)15(19)20/h3-5,10,17H,2,6-9,11H2,1H3,(H,19,20). The molecule has 2 rings (SSSR count). The molecule has 0 unspecified atom stereocenters. The van der Waals surface area contributed by atoms with Crippen molar-refractivity contribution in [3.8, 4) is 0 Å². The van der Waals surface area contributed by atoms with Gasteiger partial charge < -0.3 is 9.84 Å². The molecule has 1 aliphatic rings. The van der Waals surface area contributed by atoms with Crippen LogP contribution in [0.5, 0.6) is 0 Å². The van der Waals surface area contributed by atoms with Gasteiger partial charge in [-0.1, -0.05) is 6.07 Å². The minimum Gasteiger partial charge on any atom is -0.478 e. The molecule has 1 fully saturated rings. The highest BCUT2D eigenvalue weighted by atomic mass is 16.5. The van der Waals surface area contributed by atoms with Gasteiger partial charge in [0.15, 0.2) is 0 Å². The first-order valence-corrected chi connectivity index (χ1v) is 7.14. The largest absolute Gasteiger partial charge is 0.478 e. The number of hydrogen-bond acceptors (Lipinski definition) is 5. The number of piperidine rings is 1. The smallest absolute Gasteiger partial charge is 0.335 e. The number of aromatic carboxylic acids is 1. The van der Waals surface area contributed by atoms with Crippen LogP contribution in [0.3, 0.4) is 0 Å². The summed E-state index contributed by atoms with van der Waals surface area (Å²) in [6.07, 6.45) is 1.80. The second-order valence-corrected chi connectivity index (χ2v) is 4.92. The van der Waals surface area contributed by atoms with Crippen LogP contribution in [0.2, 0.25) is 0 Å². The number of likely N-dealkylation sites (tertiary alicyclic amines) is 1. The van der Waals surface area contributed by atoms with Gasteiger partial charge in [-0.2, -0.15) is 5.10 Å². The predicted molar refractivity (Wildman–Crippen MR) is 81.8 cm³/mol. The zero-order chi connectivity index (χ0) is 15.1. The number of benzene rings is 1. The van der Waals surface area contributed by atoms with Crippen LogP contribution < -0.4 is 5.43 Å². The summed E-state index contributed by atoms with van der Waals surface area (Å²) in [4.78, 5) is 13.2. The molecule has 0 bridgehead atoms. The highest BCUT2D eigenvalue weighted by Crippen LogP contribution is 2.12. The molecule has 114 valence electrons. The maximum atomic E-state index is 10.9. The van der Waals surface area contributed by atoms with Gasteiger partial charge in [0.1, 0.15) is 0 Å². The molecule has 0 atom stereocenters. The Bertz CT molecular complexity index is 507. The van der Waals surface area contributed by atoms with E-state index in [9.17, 15) is 4.79 Å². The highest BCUT2D eigenvalue weighted by molar-refractivity contribution is 5.89. The minimum absolute atomic E-state index is 0.256. The third-order valence-electron chi connectivity index (χ3n) is 3.36. The van der Waals surface area contributed by atoms with E-state index in [0.717, 1.165) is 38.2 Å². The molecule has 0 aliphatic carbocycles. The summed E-state index contributed by atoms with van der Waals surface area (Å²) >= 11 is 0. The minimum atomic E-state index is -0.935. The fraction of sp³-hybridized carbons (Fsp3) is 0.467. The van der Waals surface area contributed by atoms with Gasteiger partial charge in [-0.3, -0.25) is 10.3 Å². The Labute approximate surface area is 124 Å². The molecule has 0 amide bonds. The van der Waals surface area contributed by atoms with Gasteiger partial charge in [0, 0.05) is 38.2 Å². The number of carboxylic acid groups (broad SMARTS) is 1. The van der Waals surface area contributed by atoms with Crippen LogP contribution in [-0.4, -0.2) is 48.1 Å². The Morgan fingerprint density at radius 2 is 2.19 bits per heavy atom. The lowest BCUT2D eigenvalue weighted by molar-refractivity contribution is 0.0352. The van der Waals surface area contributed by atoms with Crippen molar-refractivity contribution in [1.29, 1.82) is 0 Å². The SMILES string of the molecule is CCOCN1CCC(=NNc2cccc(C(=O)O)c2)CC1. The normalized spacial score (nSPS) is 15.8. The van der Waals surface area contributed by atoms with E-state index in [1.165, 1.54) is 0 Å². The average molecular weight is 291 g/mol. The summed E-state index contributed by atoms with van der Waals surface area (Å²) in [6, 6.07) is 6.65. The van der Waals surface area contributed by atoms with Crippen molar-refractivity contribution in [1.82, 2.24) is 4.90 Å². The molecule has 2 N–H and O–H groups in total. The van der Waals surface area contributed by atoms with Crippen molar-refractivity contribution in [2.24, 2.45) is 5.10 Å². The third-order valence-corrected chi connectivity index (χ3v) is 3.36. The van der Waals surface area contributed by atoms with Crippen molar-refractivity contribution < 1.29 is 14.6 Å². The van der Waals surface area contributed by atoms with E-state index in [0.29, 0.717) is 12.4 Å². The number of anilines is 1. The first kappa shape index (κ1) is 15.5. The number of hydrazone groups is 1. The zero-order valence-corrected chi connectivity index (χ0v) is 12.2. The first-order valence-electron chi connectivity index (χ1n) is 7.14. The van der Waals surface area contributed by atoms with E-state index < -0.39 is 5.97 Å². The maximum Gasteiger partial charge on any atom is 0.335 e.